The van der Waals surface area contributed by atoms with Crippen molar-refractivity contribution in [2.24, 2.45) is 4.99 Å². The van der Waals surface area contributed by atoms with Crippen molar-refractivity contribution in [3.8, 4) is 0 Å². The highest BCUT2D eigenvalue weighted by Crippen LogP contribution is 2.03. The van der Waals surface area contributed by atoms with Crippen LogP contribution in [0.3, 0.4) is 0 Å². The summed E-state index contributed by atoms with van der Waals surface area (Å²) in [6, 6.07) is 10.5. The zero-order valence-corrected chi connectivity index (χ0v) is 16.8. The Labute approximate surface area is 165 Å². The minimum absolute atomic E-state index is 0. The Bertz CT molecular complexity index is 671. The normalized spacial score (nSPS) is 10.9. The van der Waals surface area contributed by atoms with Crippen LogP contribution in [0.2, 0.25) is 0 Å². The molecule has 0 unspecified atom stereocenters. The molecule has 0 aliphatic heterocycles. The molecule has 0 saturated carbocycles. The van der Waals surface area contributed by atoms with Gasteiger partial charge in [0.2, 0.25) is 0 Å². The summed E-state index contributed by atoms with van der Waals surface area (Å²) in [6.45, 7) is 7.76. The summed E-state index contributed by atoms with van der Waals surface area (Å²) in [5.41, 5.74) is 1.95. The van der Waals surface area contributed by atoms with E-state index in [0.29, 0.717) is 13.1 Å². The van der Waals surface area contributed by atoms with E-state index in [2.05, 4.69) is 22.2 Å². The van der Waals surface area contributed by atoms with E-state index >= 15 is 0 Å². The molecule has 0 aliphatic rings. The lowest BCUT2D eigenvalue weighted by atomic mass is 10.1. The smallest absolute Gasteiger partial charge is 0.191 e. The molecule has 1 heterocycles. The molecule has 6 heteroatoms. The van der Waals surface area contributed by atoms with Gasteiger partial charge in [0, 0.05) is 19.5 Å². The van der Waals surface area contributed by atoms with E-state index in [1.165, 1.54) is 6.07 Å². The van der Waals surface area contributed by atoms with E-state index in [1.54, 1.807) is 18.4 Å². The van der Waals surface area contributed by atoms with Crippen LogP contribution in [0.1, 0.15) is 18.2 Å². The lowest BCUT2D eigenvalue weighted by Gasteiger charge is -2.12. The van der Waals surface area contributed by atoms with Crippen molar-refractivity contribution in [2.75, 3.05) is 19.6 Å². The van der Waals surface area contributed by atoms with Gasteiger partial charge in [-0.2, -0.15) is 0 Å². The average molecular weight is 457 g/mol. The molecule has 2 aromatic rings. The largest absolute Gasteiger partial charge is 0.469 e. The van der Waals surface area contributed by atoms with E-state index in [1.807, 2.05) is 25.1 Å². The van der Waals surface area contributed by atoms with Crippen molar-refractivity contribution >= 4 is 29.9 Å². The molecule has 4 nitrogen and oxygen atoms in total. The van der Waals surface area contributed by atoms with Gasteiger partial charge >= 0.3 is 0 Å². The third-order valence-corrected chi connectivity index (χ3v) is 3.35. The number of furan rings is 1. The second kappa shape index (κ2) is 11.7. The first-order valence-electron chi connectivity index (χ1n) is 8.07. The quantitative estimate of drug-likeness (QED) is 0.273. The zero-order valence-electron chi connectivity index (χ0n) is 14.4. The van der Waals surface area contributed by atoms with Gasteiger partial charge in [0.05, 0.1) is 12.8 Å². The van der Waals surface area contributed by atoms with Crippen molar-refractivity contribution in [2.45, 2.75) is 19.8 Å². The number of hydrogen-bond donors (Lipinski definition) is 2. The minimum Gasteiger partial charge on any atom is -0.469 e. The van der Waals surface area contributed by atoms with Gasteiger partial charge in [-0.3, -0.25) is 0 Å². The second-order valence-electron chi connectivity index (χ2n) is 5.68. The van der Waals surface area contributed by atoms with Gasteiger partial charge in [-0.25, -0.2) is 9.38 Å². The van der Waals surface area contributed by atoms with Crippen LogP contribution in [-0.4, -0.2) is 25.6 Å². The topological polar surface area (TPSA) is 49.6 Å². The fourth-order valence-electron chi connectivity index (χ4n) is 2.16. The van der Waals surface area contributed by atoms with Crippen LogP contribution in [0.25, 0.3) is 0 Å². The molecular weight excluding hydrogens is 432 g/mol. The summed E-state index contributed by atoms with van der Waals surface area (Å²) in [4.78, 5) is 4.48. The zero-order chi connectivity index (χ0) is 17.2. The molecule has 136 valence electrons. The van der Waals surface area contributed by atoms with Gasteiger partial charge in [0.25, 0.3) is 0 Å². The minimum atomic E-state index is -0.208. The Kier molecular flexibility index (Phi) is 9.91. The summed E-state index contributed by atoms with van der Waals surface area (Å²) in [7, 11) is 0. The SMILES string of the molecule is C=C(C)CN=C(NCCc1cccc(F)c1)NCCc1ccco1.I. The van der Waals surface area contributed by atoms with E-state index < -0.39 is 0 Å². The predicted octanol–water partition coefficient (Wildman–Crippen LogP) is 3.93. The molecule has 25 heavy (non-hydrogen) atoms. The summed E-state index contributed by atoms with van der Waals surface area (Å²) >= 11 is 0. The Hall–Kier alpha value is -1.83. The molecule has 0 fully saturated rings. The molecule has 0 radical (unpaired) electrons. The highest BCUT2D eigenvalue weighted by Gasteiger charge is 2.01. The average Bonchev–Trinajstić information content (AvgIpc) is 3.05. The van der Waals surface area contributed by atoms with Crippen LogP contribution < -0.4 is 10.6 Å². The molecule has 0 saturated heterocycles. The van der Waals surface area contributed by atoms with Crippen LogP contribution in [0.4, 0.5) is 4.39 Å². The van der Waals surface area contributed by atoms with Gasteiger partial charge in [-0.15, -0.1) is 24.0 Å². The Morgan fingerprint density at radius 1 is 1.16 bits per heavy atom. The van der Waals surface area contributed by atoms with Crippen LogP contribution >= 0.6 is 24.0 Å². The van der Waals surface area contributed by atoms with Crippen molar-refractivity contribution in [3.63, 3.8) is 0 Å². The number of guanidine groups is 1. The maximum Gasteiger partial charge on any atom is 0.191 e. The summed E-state index contributed by atoms with van der Waals surface area (Å²) < 4.78 is 18.5. The summed E-state index contributed by atoms with van der Waals surface area (Å²) in [5.74, 6) is 1.45. The number of hydrogen-bond acceptors (Lipinski definition) is 2. The predicted molar refractivity (Wildman–Crippen MR) is 111 cm³/mol. The molecule has 0 aliphatic carbocycles. The number of aliphatic imine (C=N–C) groups is 1. The van der Waals surface area contributed by atoms with E-state index in [-0.39, 0.29) is 29.8 Å². The molecular formula is C19H25FIN3O. The molecule has 1 aromatic heterocycles. The number of nitrogens with one attached hydrogen (secondary N) is 2. The Balaban J connectivity index is 0.00000312. The van der Waals surface area contributed by atoms with E-state index in [9.17, 15) is 4.39 Å². The van der Waals surface area contributed by atoms with Crippen molar-refractivity contribution in [1.82, 2.24) is 10.6 Å². The number of benzene rings is 1. The first kappa shape index (κ1) is 21.2. The molecule has 1 aromatic carbocycles. The van der Waals surface area contributed by atoms with Gasteiger partial charge in [-0.1, -0.05) is 24.3 Å². The Morgan fingerprint density at radius 3 is 2.56 bits per heavy atom. The molecule has 2 rings (SSSR count). The van der Waals surface area contributed by atoms with Crippen molar-refractivity contribution < 1.29 is 8.81 Å². The van der Waals surface area contributed by atoms with Gasteiger partial charge < -0.3 is 15.1 Å². The molecule has 0 atom stereocenters. The number of nitrogens with zero attached hydrogens (tertiary/aromatic N) is 1. The lowest BCUT2D eigenvalue weighted by Crippen LogP contribution is -2.39. The molecule has 0 bridgehead atoms. The Morgan fingerprint density at radius 2 is 1.92 bits per heavy atom. The number of halogens is 2. The molecule has 2 N–H and O–H groups in total. The highest BCUT2D eigenvalue weighted by molar-refractivity contribution is 14.0. The lowest BCUT2D eigenvalue weighted by molar-refractivity contribution is 0.507. The second-order valence-corrected chi connectivity index (χ2v) is 5.68. The maximum absolute atomic E-state index is 13.2. The van der Waals surface area contributed by atoms with Gasteiger partial charge in [0.1, 0.15) is 11.6 Å². The highest BCUT2D eigenvalue weighted by atomic mass is 127. The summed E-state index contributed by atoms with van der Waals surface area (Å²) in [6.07, 6.45) is 3.18. The van der Waals surface area contributed by atoms with E-state index in [0.717, 1.165) is 42.2 Å². The first-order chi connectivity index (χ1) is 11.6. The van der Waals surface area contributed by atoms with Crippen LogP contribution in [0.15, 0.2) is 64.2 Å². The monoisotopic (exact) mass is 457 g/mol. The maximum atomic E-state index is 13.2. The van der Waals surface area contributed by atoms with Crippen LogP contribution in [-0.2, 0) is 12.8 Å². The van der Waals surface area contributed by atoms with E-state index in [4.69, 9.17) is 4.42 Å². The molecule has 0 spiro atoms. The van der Waals surface area contributed by atoms with Crippen molar-refractivity contribution in [3.05, 3.63) is 72.0 Å². The number of rotatable bonds is 8. The van der Waals surface area contributed by atoms with Gasteiger partial charge in [-0.05, 0) is 43.2 Å². The standard InChI is InChI=1S/C19H24FN3O.HI/c1-15(2)14-23-19(22-11-9-18-7-4-12-24-18)21-10-8-16-5-3-6-17(20)13-16;/h3-7,12-13H,1,8-11,14H2,2H3,(H2,21,22,23);1H. The third kappa shape index (κ3) is 8.72. The summed E-state index contributed by atoms with van der Waals surface area (Å²) in [5, 5.41) is 6.54. The van der Waals surface area contributed by atoms with Crippen LogP contribution in [0, 0.1) is 5.82 Å². The van der Waals surface area contributed by atoms with Crippen LogP contribution in [0.5, 0.6) is 0 Å². The fourth-order valence-corrected chi connectivity index (χ4v) is 2.16. The molecule has 0 amide bonds. The van der Waals surface area contributed by atoms with Crippen molar-refractivity contribution in [1.29, 1.82) is 0 Å². The van der Waals surface area contributed by atoms with Gasteiger partial charge in [0.15, 0.2) is 5.96 Å². The third-order valence-electron chi connectivity index (χ3n) is 3.35. The fraction of sp³-hybridized carbons (Fsp3) is 0.316. The first-order valence-corrected chi connectivity index (χ1v) is 8.07.